The largest absolute Gasteiger partial charge is 0.505 e. The van der Waals surface area contributed by atoms with E-state index in [2.05, 4.69) is 39.5 Å². The number of likely N-dealkylation sites (tertiary alicyclic amines) is 1. The van der Waals surface area contributed by atoms with Gasteiger partial charge in [-0.15, -0.1) is 0 Å². The highest BCUT2D eigenvalue weighted by Crippen LogP contribution is 2.33. The predicted molar refractivity (Wildman–Crippen MR) is 110 cm³/mol. The lowest BCUT2D eigenvalue weighted by molar-refractivity contribution is 0.188. The summed E-state index contributed by atoms with van der Waals surface area (Å²) in [5.74, 6) is 0.249. The molecule has 0 aliphatic carbocycles. The first-order valence-corrected chi connectivity index (χ1v) is 9.83. The molecule has 5 heteroatoms. The van der Waals surface area contributed by atoms with Crippen LogP contribution >= 0.6 is 11.6 Å². The number of nitrogens with zero attached hydrogens (tertiary/aromatic N) is 2. The van der Waals surface area contributed by atoms with Crippen molar-refractivity contribution in [1.82, 2.24) is 15.2 Å². The van der Waals surface area contributed by atoms with Gasteiger partial charge in [0, 0.05) is 36.3 Å². The van der Waals surface area contributed by atoms with Gasteiger partial charge in [-0.2, -0.15) is 0 Å². The van der Waals surface area contributed by atoms with Gasteiger partial charge in [-0.3, -0.25) is 9.88 Å². The molecule has 1 aromatic heterocycles. The lowest BCUT2D eigenvalue weighted by Crippen LogP contribution is -2.41. The Kier molecular flexibility index (Phi) is 5.58. The molecular formula is C22H24ClN3O. The Balaban J connectivity index is 1.35. The number of aromatic nitrogens is 1. The van der Waals surface area contributed by atoms with Crippen molar-refractivity contribution in [3.05, 3.63) is 70.9 Å². The number of piperidine rings is 1. The first-order chi connectivity index (χ1) is 13.2. The zero-order valence-electron chi connectivity index (χ0n) is 15.2. The molecule has 1 saturated heterocycles. The third-order valence-corrected chi connectivity index (χ3v) is 5.63. The molecule has 0 spiro atoms. The number of phenolic OH excluding ortho intramolecular Hbond substituents is 1. The molecule has 0 radical (unpaired) electrons. The van der Waals surface area contributed by atoms with E-state index in [1.807, 2.05) is 24.3 Å². The second-order valence-corrected chi connectivity index (χ2v) is 7.59. The first-order valence-electron chi connectivity index (χ1n) is 9.45. The maximum absolute atomic E-state index is 10.6. The number of aromatic hydroxyl groups is 1. The lowest BCUT2D eigenvalue weighted by Gasteiger charge is -2.32. The average Bonchev–Trinajstić information content (AvgIpc) is 2.72. The fourth-order valence-corrected chi connectivity index (χ4v) is 4.04. The maximum Gasteiger partial charge on any atom is 0.146 e. The number of halogens is 1. The lowest BCUT2D eigenvalue weighted by atomic mass is 10.0. The van der Waals surface area contributed by atoms with Crippen LogP contribution in [-0.4, -0.2) is 34.1 Å². The summed E-state index contributed by atoms with van der Waals surface area (Å²) in [5, 5.41) is 15.7. The van der Waals surface area contributed by atoms with Crippen molar-refractivity contribution in [2.24, 2.45) is 0 Å². The summed E-state index contributed by atoms with van der Waals surface area (Å²) in [4.78, 5) is 6.67. The van der Waals surface area contributed by atoms with E-state index in [1.54, 1.807) is 6.20 Å². The standard InChI is InChI=1S/C22H24ClN3O/c23-20-13-17(22(27)21-19(20)7-4-10-24-21)15-26-11-8-18(9-12-26)25-14-16-5-2-1-3-6-16/h1-7,10,13,18,25,27H,8-9,11-12,14-15H2. The molecule has 1 aliphatic heterocycles. The number of fused-ring (bicyclic) bond motifs is 1. The minimum Gasteiger partial charge on any atom is -0.505 e. The summed E-state index contributed by atoms with van der Waals surface area (Å²) in [5.41, 5.74) is 2.75. The van der Waals surface area contributed by atoms with Crippen LogP contribution in [0.15, 0.2) is 54.7 Å². The average molecular weight is 382 g/mol. The molecule has 4 rings (SSSR count). The Labute approximate surface area is 164 Å². The highest BCUT2D eigenvalue weighted by molar-refractivity contribution is 6.35. The molecule has 2 aromatic carbocycles. The molecular weight excluding hydrogens is 358 g/mol. The molecule has 2 N–H and O–H groups in total. The van der Waals surface area contributed by atoms with Gasteiger partial charge in [0.15, 0.2) is 0 Å². The molecule has 2 heterocycles. The van der Waals surface area contributed by atoms with Gasteiger partial charge in [-0.1, -0.05) is 41.9 Å². The number of hydrogen-bond acceptors (Lipinski definition) is 4. The smallest absolute Gasteiger partial charge is 0.146 e. The molecule has 1 fully saturated rings. The quantitative estimate of drug-likeness (QED) is 0.689. The van der Waals surface area contributed by atoms with Crippen molar-refractivity contribution in [1.29, 1.82) is 0 Å². The molecule has 4 nitrogen and oxygen atoms in total. The van der Waals surface area contributed by atoms with E-state index in [4.69, 9.17) is 11.6 Å². The van der Waals surface area contributed by atoms with Gasteiger partial charge in [0.2, 0.25) is 0 Å². The maximum atomic E-state index is 10.6. The number of hydrogen-bond donors (Lipinski definition) is 2. The molecule has 0 amide bonds. The second kappa shape index (κ2) is 8.26. The van der Waals surface area contributed by atoms with Gasteiger partial charge in [0.1, 0.15) is 11.3 Å². The van der Waals surface area contributed by atoms with E-state index < -0.39 is 0 Å². The van der Waals surface area contributed by atoms with Crippen molar-refractivity contribution in [2.75, 3.05) is 13.1 Å². The van der Waals surface area contributed by atoms with Crippen LogP contribution in [0.5, 0.6) is 5.75 Å². The second-order valence-electron chi connectivity index (χ2n) is 7.18. The zero-order valence-corrected chi connectivity index (χ0v) is 16.0. The van der Waals surface area contributed by atoms with Crippen molar-refractivity contribution in [3.63, 3.8) is 0 Å². The van der Waals surface area contributed by atoms with E-state index in [-0.39, 0.29) is 5.75 Å². The Morgan fingerprint density at radius 1 is 1.11 bits per heavy atom. The molecule has 1 aliphatic rings. The van der Waals surface area contributed by atoms with Crippen LogP contribution in [0, 0.1) is 0 Å². The molecule has 0 unspecified atom stereocenters. The number of phenols is 1. The molecule has 0 saturated carbocycles. The Morgan fingerprint density at radius 2 is 1.89 bits per heavy atom. The molecule has 0 atom stereocenters. The molecule has 3 aromatic rings. The van der Waals surface area contributed by atoms with Crippen LogP contribution in [0.25, 0.3) is 10.9 Å². The number of nitrogens with one attached hydrogen (secondary N) is 1. The SMILES string of the molecule is Oc1c(CN2CCC(NCc3ccccc3)CC2)cc(Cl)c2cccnc12. The van der Waals surface area contributed by atoms with Gasteiger partial charge < -0.3 is 10.4 Å². The van der Waals surface area contributed by atoms with Crippen LogP contribution in [0.2, 0.25) is 5.02 Å². The normalized spacial score (nSPS) is 16.0. The van der Waals surface area contributed by atoms with Gasteiger partial charge in [0.05, 0.1) is 5.02 Å². The summed E-state index contributed by atoms with van der Waals surface area (Å²) in [6, 6.07) is 16.7. The minimum atomic E-state index is 0.249. The monoisotopic (exact) mass is 381 g/mol. The fourth-order valence-electron chi connectivity index (χ4n) is 3.75. The number of rotatable bonds is 5. The molecule has 140 valence electrons. The molecule has 27 heavy (non-hydrogen) atoms. The zero-order chi connectivity index (χ0) is 18.6. The van der Waals surface area contributed by atoms with Crippen LogP contribution in [0.4, 0.5) is 0 Å². The minimum absolute atomic E-state index is 0.249. The van der Waals surface area contributed by atoms with Crippen LogP contribution in [0.1, 0.15) is 24.0 Å². The predicted octanol–water partition coefficient (Wildman–Crippen LogP) is 4.35. The Morgan fingerprint density at radius 3 is 2.67 bits per heavy atom. The number of benzene rings is 2. The third kappa shape index (κ3) is 4.24. The topological polar surface area (TPSA) is 48.4 Å². The van der Waals surface area contributed by atoms with E-state index in [0.29, 0.717) is 23.1 Å². The summed E-state index contributed by atoms with van der Waals surface area (Å²) in [7, 11) is 0. The summed E-state index contributed by atoms with van der Waals surface area (Å²) in [6.07, 6.45) is 3.90. The van der Waals surface area contributed by atoms with Crippen LogP contribution < -0.4 is 5.32 Å². The Hall–Kier alpha value is -2.14. The van der Waals surface area contributed by atoms with E-state index >= 15 is 0 Å². The first kappa shape index (κ1) is 18.2. The van der Waals surface area contributed by atoms with Crippen LogP contribution in [0.3, 0.4) is 0 Å². The summed E-state index contributed by atoms with van der Waals surface area (Å²) >= 11 is 6.39. The van der Waals surface area contributed by atoms with Gasteiger partial charge in [-0.25, -0.2) is 0 Å². The van der Waals surface area contributed by atoms with E-state index in [9.17, 15) is 5.11 Å². The Bertz CT molecular complexity index is 908. The van der Waals surface area contributed by atoms with Crippen LogP contribution in [-0.2, 0) is 13.1 Å². The van der Waals surface area contributed by atoms with E-state index in [1.165, 1.54) is 5.56 Å². The van der Waals surface area contributed by atoms with Crippen molar-refractivity contribution < 1.29 is 5.11 Å². The number of pyridine rings is 1. The van der Waals surface area contributed by atoms with Gasteiger partial charge >= 0.3 is 0 Å². The van der Waals surface area contributed by atoms with Crippen molar-refractivity contribution in [3.8, 4) is 5.75 Å². The van der Waals surface area contributed by atoms with Crippen molar-refractivity contribution >= 4 is 22.5 Å². The molecule has 0 bridgehead atoms. The van der Waals surface area contributed by atoms with E-state index in [0.717, 1.165) is 43.4 Å². The fraction of sp³-hybridized carbons (Fsp3) is 0.318. The third-order valence-electron chi connectivity index (χ3n) is 5.31. The summed E-state index contributed by atoms with van der Waals surface area (Å²) in [6.45, 7) is 3.62. The van der Waals surface area contributed by atoms with Gasteiger partial charge in [-0.05, 0) is 49.7 Å². The highest BCUT2D eigenvalue weighted by Gasteiger charge is 2.21. The highest BCUT2D eigenvalue weighted by atomic mass is 35.5. The summed E-state index contributed by atoms with van der Waals surface area (Å²) < 4.78 is 0. The van der Waals surface area contributed by atoms with Crippen molar-refractivity contribution in [2.45, 2.75) is 32.0 Å². The van der Waals surface area contributed by atoms with Gasteiger partial charge in [0.25, 0.3) is 0 Å².